The smallest absolute Gasteiger partial charge is 0.178 e. The molecule has 6 nitrogen and oxygen atoms in total. The molecule has 0 saturated heterocycles. The molecule has 0 saturated carbocycles. The van der Waals surface area contributed by atoms with Gasteiger partial charge in [0.25, 0.3) is 0 Å². The van der Waals surface area contributed by atoms with Crippen molar-refractivity contribution in [2.75, 3.05) is 0 Å². The van der Waals surface area contributed by atoms with E-state index in [0.29, 0.717) is 5.82 Å². The van der Waals surface area contributed by atoms with Crippen LogP contribution in [0.3, 0.4) is 0 Å². The van der Waals surface area contributed by atoms with Gasteiger partial charge in [0.2, 0.25) is 0 Å². The molecule has 3 heterocycles. The highest BCUT2D eigenvalue weighted by atomic mass is 16.1. The zero-order valence-electron chi connectivity index (χ0n) is 32.2. The summed E-state index contributed by atoms with van der Waals surface area (Å²) in [6, 6.07) is 53.8. The summed E-state index contributed by atoms with van der Waals surface area (Å²) >= 11 is 0. The summed E-state index contributed by atoms with van der Waals surface area (Å²) in [5.41, 5.74) is 11.6. The van der Waals surface area contributed by atoms with E-state index in [2.05, 4.69) is 89.5 Å². The summed E-state index contributed by atoms with van der Waals surface area (Å²) < 4.78 is 2.29. The highest BCUT2D eigenvalue weighted by Crippen LogP contribution is 2.52. The topological polar surface area (TPSA) is 76.7 Å². The van der Waals surface area contributed by atoms with Gasteiger partial charge in [-0.3, -0.25) is 9.59 Å². The second kappa shape index (κ2) is 14.1. The Labute approximate surface area is 346 Å². The lowest BCUT2D eigenvalue weighted by Gasteiger charge is -2.30. The van der Waals surface area contributed by atoms with E-state index in [1.807, 2.05) is 97.1 Å². The van der Waals surface area contributed by atoms with Crippen LogP contribution in [0.25, 0.3) is 56.4 Å². The maximum Gasteiger partial charge on any atom is 0.178 e. The number of aromatic nitrogens is 2. The molecule has 2 aliphatic carbocycles. The van der Waals surface area contributed by atoms with E-state index in [1.165, 1.54) is 0 Å². The van der Waals surface area contributed by atoms with Crippen LogP contribution in [0.1, 0.15) is 16.7 Å². The standard InChI is InChI=1S/C54H34N4O2/c59-42-25-21-35(22-26-42)46-33-40(23-27-44(46)52-55-48(36-13-5-1-6-14-36)49(56-52)37-15-7-2-8-16-37)41-24-28-45-47(34-41)54(31-29-43(60)30-32-54)58-51(39-19-11-4-12-20-39)50(57-53(45)58)38-17-9-3-10-18-38/h1-34H. The number of allylic oxidation sites excluding steroid dienone is 8. The Kier molecular flexibility index (Phi) is 8.24. The molecule has 0 bridgehead atoms. The molecule has 1 spiro atoms. The summed E-state index contributed by atoms with van der Waals surface area (Å²) in [6.07, 6.45) is 14.3. The Balaban J connectivity index is 1.12. The molecule has 4 aliphatic rings. The second-order valence-corrected chi connectivity index (χ2v) is 15.1. The van der Waals surface area contributed by atoms with Gasteiger partial charge < -0.3 is 4.57 Å². The number of rotatable bonds is 5. The van der Waals surface area contributed by atoms with Crippen LogP contribution in [-0.2, 0) is 15.1 Å². The molecule has 0 amide bonds. The van der Waals surface area contributed by atoms with Gasteiger partial charge in [-0.1, -0.05) is 152 Å². The monoisotopic (exact) mass is 770 g/mol. The SMILES string of the molecule is O=C1C=CC(=c2cc(-c3ccc4c(c3)C3(C=CC(=O)C=C3)n3c-4nc(-c4ccccc4)c3-c3ccccc3)ccc2=C2N=C(c3ccccc3)C(c3ccccc3)=N2)C=C1. The summed E-state index contributed by atoms with van der Waals surface area (Å²) in [7, 11) is 0. The van der Waals surface area contributed by atoms with E-state index in [1.54, 1.807) is 24.3 Å². The van der Waals surface area contributed by atoms with Gasteiger partial charge in [0.05, 0.1) is 22.8 Å². The Bertz CT molecular complexity index is 3170. The van der Waals surface area contributed by atoms with Crippen molar-refractivity contribution in [1.29, 1.82) is 0 Å². The fourth-order valence-electron chi connectivity index (χ4n) is 8.70. The summed E-state index contributed by atoms with van der Waals surface area (Å²) in [5.74, 6) is 1.32. The Morgan fingerprint density at radius 3 is 1.57 bits per heavy atom. The normalized spacial score (nSPS) is 15.7. The highest BCUT2D eigenvalue weighted by molar-refractivity contribution is 6.56. The van der Waals surface area contributed by atoms with E-state index in [4.69, 9.17) is 15.0 Å². The molecule has 6 aromatic carbocycles. The molecule has 6 heteroatoms. The minimum Gasteiger partial charge on any atom is -0.306 e. The summed E-state index contributed by atoms with van der Waals surface area (Å²) in [6.45, 7) is 0. The van der Waals surface area contributed by atoms with Crippen molar-refractivity contribution in [3.05, 3.63) is 233 Å². The number of carbonyl (C=O) groups is 2. The third-order valence-corrected chi connectivity index (χ3v) is 11.6. The molecule has 0 fully saturated rings. The van der Waals surface area contributed by atoms with Crippen LogP contribution in [-0.4, -0.2) is 32.5 Å². The predicted molar refractivity (Wildman–Crippen MR) is 240 cm³/mol. The third kappa shape index (κ3) is 5.77. The van der Waals surface area contributed by atoms with Crippen LogP contribution >= 0.6 is 0 Å². The van der Waals surface area contributed by atoms with E-state index in [0.717, 1.165) is 89.2 Å². The lowest BCUT2D eigenvalue weighted by atomic mass is 9.83. The van der Waals surface area contributed by atoms with Crippen molar-refractivity contribution in [2.45, 2.75) is 5.54 Å². The van der Waals surface area contributed by atoms with Crippen LogP contribution in [0.4, 0.5) is 0 Å². The third-order valence-electron chi connectivity index (χ3n) is 11.6. The molecule has 2 aliphatic heterocycles. The van der Waals surface area contributed by atoms with E-state index in [9.17, 15) is 9.59 Å². The van der Waals surface area contributed by atoms with Crippen molar-refractivity contribution in [3.8, 4) is 45.0 Å². The number of nitrogens with zero attached hydrogens (tertiary/aromatic N) is 4. The number of hydrogen-bond acceptors (Lipinski definition) is 5. The Hall–Kier alpha value is -8.09. The van der Waals surface area contributed by atoms with Gasteiger partial charge in [0.15, 0.2) is 17.4 Å². The van der Waals surface area contributed by atoms with Crippen LogP contribution in [0.2, 0.25) is 0 Å². The maximum atomic E-state index is 12.8. The largest absolute Gasteiger partial charge is 0.306 e. The van der Waals surface area contributed by atoms with Gasteiger partial charge >= 0.3 is 0 Å². The second-order valence-electron chi connectivity index (χ2n) is 15.1. The molecule has 60 heavy (non-hydrogen) atoms. The molecule has 0 unspecified atom stereocenters. The van der Waals surface area contributed by atoms with Crippen molar-refractivity contribution >= 4 is 34.4 Å². The number of hydrogen-bond donors (Lipinski definition) is 0. The molecule has 282 valence electrons. The fourth-order valence-corrected chi connectivity index (χ4v) is 8.70. The zero-order chi connectivity index (χ0) is 40.2. The highest BCUT2D eigenvalue weighted by Gasteiger charge is 2.44. The number of ketones is 2. The first-order valence-electron chi connectivity index (χ1n) is 19.9. The molecule has 7 aromatic rings. The van der Waals surface area contributed by atoms with E-state index in [-0.39, 0.29) is 11.6 Å². The number of carbonyl (C=O) groups excluding carboxylic acids is 2. The first-order chi connectivity index (χ1) is 29.5. The van der Waals surface area contributed by atoms with Gasteiger partial charge in [-0.05, 0) is 82.1 Å². The lowest BCUT2D eigenvalue weighted by molar-refractivity contribution is -0.111. The predicted octanol–water partition coefficient (Wildman–Crippen LogP) is 9.21. The first-order valence-corrected chi connectivity index (χ1v) is 19.9. The van der Waals surface area contributed by atoms with Gasteiger partial charge in [-0.2, -0.15) is 0 Å². The fraction of sp³-hybridized carbons (Fsp3) is 0.0185. The van der Waals surface area contributed by atoms with Gasteiger partial charge in [-0.15, -0.1) is 0 Å². The van der Waals surface area contributed by atoms with Crippen LogP contribution in [0.5, 0.6) is 0 Å². The van der Waals surface area contributed by atoms with Crippen molar-refractivity contribution in [1.82, 2.24) is 9.55 Å². The average molecular weight is 771 g/mol. The molecule has 11 rings (SSSR count). The maximum absolute atomic E-state index is 12.8. The number of imidazole rings is 1. The van der Waals surface area contributed by atoms with E-state index < -0.39 is 5.54 Å². The molecule has 0 radical (unpaired) electrons. The van der Waals surface area contributed by atoms with Crippen molar-refractivity contribution in [3.63, 3.8) is 0 Å². The summed E-state index contributed by atoms with van der Waals surface area (Å²) in [5, 5.41) is 1.76. The van der Waals surface area contributed by atoms with Gasteiger partial charge in [0.1, 0.15) is 11.4 Å². The van der Waals surface area contributed by atoms with Crippen LogP contribution in [0.15, 0.2) is 216 Å². The first kappa shape index (κ1) is 35.1. The molecule has 1 aromatic heterocycles. The summed E-state index contributed by atoms with van der Waals surface area (Å²) in [4.78, 5) is 40.9. The van der Waals surface area contributed by atoms with Gasteiger partial charge in [0, 0.05) is 33.0 Å². The molecular weight excluding hydrogens is 737 g/mol. The molecule has 0 N–H and O–H groups in total. The van der Waals surface area contributed by atoms with E-state index >= 15 is 0 Å². The Morgan fingerprint density at radius 2 is 0.967 bits per heavy atom. The number of aliphatic imine (C=N–C) groups is 2. The quantitative estimate of drug-likeness (QED) is 0.175. The zero-order valence-corrected chi connectivity index (χ0v) is 32.2. The minimum absolute atomic E-state index is 0.0543. The van der Waals surface area contributed by atoms with Gasteiger partial charge in [-0.25, -0.2) is 15.0 Å². The average Bonchev–Trinajstić information content (AvgIpc) is 4.01. The number of benzene rings is 6. The Morgan fingerprint density at radius 1 is 0.450 bits per heavy atom. The number of fused-ring (bicyclic) bond motifs is 5. The lowest BCUT2D eigenvalue weighted by Crippen LogP contribution is -2.30. The van der Waals surface area contributed by atoms with Crippen LogP contribution in [0, 0.1) is 0 Å². The van der Waals surface area contributed by atoms with Crippen LogP contribution < -0.4 is 10.4 Å². The molecular formula is C54H34N4O2. The van der Waals surface area contributed by atoms with Crippen molar-refractivity contribution < 1.29 is 9.59 Å². The molecule has 0 atom stereocenters. The van der Waals surface area contributed by atoms with Crippen molar-refractivity contribution in [2.24, 2.45) is 9.98 Å². The minimum atomic E-state index is -0.808.